The molecular weight excluding hydrogens is 228 g/mol. The van der Waals surface area contributed by atoms with E-state index in [9.17, 15) is 0 Å². The molecule has 0 aliphatic rings. The molecule has 5 nitrogen and oxygen atoms in total. The Bertz CT molecular complexity index is 527. The van der Waals surface area contributed by atoms with Crippen molar-refractivity contribution in [1.82, 2.24) is 20.3 Å². The topological polar surface area (TPSA) is 55.9 Å². The van der Waals surface area contributed by atoms with Crippen molar-refractivity contribution in [3.05, 3.63) is 34.5 Å². The number of rotatable bonds is 5. The molecule has 0 bridgehead atoms. The summed E-state index contributed by atoms with van der Waals surface area (Å²) in [6.07, 6.45) is 0. The number of nitrogens with one attached hydrogen (secondary N) is 1. The van der Waals surface area contributed by atoms with Gasteiger partial charge >= 0.3 is 0 Å². The van der Waals surface area contributed by atoms with Crippen LogP contribution in [0.2, 0.25) is 0 Å². The van der Waals surface area contributed by atoms with Gasteiger partial charge in [-0.1, -0.05) is 12.1 Å². The Morgan fingerprint density at radius 3 is 2.72 bits per heavy atom. The summed E-state index contributed by atoms with van der Waals surface area (Å²) in [6.45, 7) is 10.6. The molecule has 0 saturated heterocycles. The molecule has 0 saturated carbocycles. The maximum absolute atomic E-state index is 5.32. The maximum atomic E-state index is 5.32. The second kappa shape index (κ2) is 5.35. The lowest BCUT2D eigenvalue weighted by atomic mass is 10.2. The van der Waals surface area contributed by atoms with Crippen molar-refractivity contribution < 1.29 is 4.52 Å². The van der Waals surface area contributed by atoms with Gasteiger partial charge in [-0.15, -0.1) is 0 Å². The fraction of sp³-hybridized carbons (Fsp3) is 0.538. The molecule has 0 amide bonds. The molecule has 5 heteroatoms. The standard InChI is InChI=1S/C13H20N4O/c1-5-14-7-12-6-13(18-16-12)8-17-11(4)9(2)10(3)15-17/h6,14H,5,7-8H2,1-4H3. The summed E-state index contributed by atoms with van der Waals surface area (Å²) in [7, 11) is 0. The second-order valence-electron chi connectivity index (χ2n) is 4.52. The number of hydrogen-bond donors (Lipinski definition) is 1. The van der Waals surface area contributed by atoms with E-state index < -0.39 is 0 Å². The molecule has 2 rings (SSSR count). The Labute approximate surface area is 107 Å². The van der Waals surface area contributed by atoms with Gasteiger partial charge in [0.05, 0.1) is 11.4 Å². The molecule has 0 unspecified atom stereocenters. The first-order valence-electron chi connectivity index (χ1n) is 6.27. The van der Waals surface area contributed by atoms with Crippen LogP contribution in [0.25, 0.3) is 0 Å². The van der Waals surface area contributed by atoms with Crippen molar-refractivity contribution >= 4 is 0 Å². The molecule has 0 aromatic carbocycles. The van der Waals surface area contributed by atoms with E-state index in [1.54, 1.807) is 0 Å². The van der Waals surface area contributed by atoms with Crippen LogP contribution in [0.3, 0.4) is 0 Å². The predicted molar refractivity (Wildman–Crippen MR) is 69.4 cm³/mol. The van der Waals surface area contributed by atoms with Gasteiger partial charge in [-0.05, 0) is 32.9 Å². The lowest BCUT2D eigenvalue weighted by molar-refractivity contribution is 0.363. The number of hydrogen-bond acceptors (Lipinski definition) is 4. The molecule has 2 aromatic rings. The van der Waals surface area contributed by atoms with Crippen LogP contribution in [0.5, 0.6) is 0 Å². The number of nitrogens with zero attached hydrogens (tertiary/aromatic N) is 3. The quantitative estimate of drug-likeness (QED) is 0.878. The zero-order valence-electron chi connectivity index (χ0n) is 11.4. The zero-order valence-corrected chi connectivity index (χ0v) is 11.4. The van der Waals surface area contributed by atoms with Gasteiger partial charge in [-0.2, -0.15) is 5.10 Å². The highest BCUT2D eigenvalue weighted by Crippen LogP contribution is 2.13. The molecule has 1 N–H and O–H groups in total. The average molecular weight is 248 g/mol. The average Bonchev–Trinajstić information content (AvgIpc) is 2.89. The van der Waals surface area contributed by atoms with Gasteiger partial charge in [0.2, 0.25) is 0 Å². The summed E-state index contributed by atoms with van der Waals surface area (Å²) in [6, 6.07) is 1.98. The van der Waals surface area contributed by atoms with E-state index in [0.717, 1.165) is 30.2 Å². The highest BCUT2D eigenvalue weighted by atomic mass is 16.5. The van der Waals surface area contributed by atoms with Crippen LogP contribution in [0.15, 0.2) is 10.6 Å². The van der Waals surface area contributed by atoms with Crippen molar-refractivity contribution in [2.45, 2.75) is 40.8 Å². The smallest absolute Gasteiger partial charge is 0.158 e. The first-order chi connectivity index (χ1) is 8.61. The molecule has 0 aliphatic carbocycles. The highest BCUT2D eigenvalue weighted by molar-refractivity contribution is 5.22. The van der Waals surface area contributed by atoms with Crippen LogP contribution in [0, 0.1) is 20.8 Å². The van der Waals surface area contributed by atoms with Crippen molar-refractivity contribution in [2.75, 3.05) is 6.54 Å². The highest BCUT2D eigenvalue weighted by Gasteiger charge is 2.10. The molecule has 18 heavy (non-hydrogen) atoms. The molecular formula is C13H20N4O. The van der Waals surface area contributed by atoms with E-state index in [-0.39, 0.29) is 0 Å². The lowest BCUT2D eigenvalue weighted by Crippen LogP contribution is -2.11. The molecule has 2 heterocycles. The van der Waals surface area contributed by atoms with Crippen LogP contribution in [-0.4, -0.2) is 21.5 Å². The van der Waals surface area contributed by atoms with Gasteiger partial charge in [0.15, 0.2) is 5.76 Å². The minimum absolute atomic E-state index is 0.639. The Morgan fingerprint density at radius 2 is 2.11 bits per heavy atom. The van der Waals surface area contributed by atoms with Gasteiger partial charge in [0.25, 0.3) is 0 Å². The zero-order chi connectivity index (χ0) is 13.1. The minimum Gasteiger partial charge on any atom is -0.359 e. The maximum Gasteiger partial charge on any atom is 0.158 e. The molecule has 0 fully saturated rings. The lowest BCUT2D eigenvalue weighted by Gasteiger charge is -2.00. The normalized spacial score (nSPS) is 11.1. The van der Waals surface area contributed by atoms with E-state index in [1.807, 2.05) is 17.7 Å². The molecule has 0 spiro atoms. The second-order valence-corrected chi connectivity index (χ2v) is 4.52. The van der Waals surface area contributed by atoms with Gasteiger partial charge in [0, 0.05) is 18.3 Å². The summed E-state index contributed by atoms with van der Waals surface area (Å²) < 4.78 is 7.28. The summed E-state index contributed by atoms with van der Waals surface area (Å²) in [4.78, 5) is 0. The number of aryl methyl sites for hydroxylation is 1. The van der Waals surface area contributed by atoms with Crippen LogP contribution in [-0.2, 0) is 13.1 Å². The van der Waals surface area contributed by atoms with E-state index in [2.05, 4.69) is 36.3 Å². The summed E-state index contributed by atoms with van der Waals surface area (Å²) in [5, 5.41) is 11.7. The first kappa shape index (κ1) is 12.8. The monoisotopic (exact) mass is 248 g/mol. The summed E-state index contributed by atoms with van der Waals surface area (Å²) in [5.41, 5.74) is 4.42. The van der Waals surface area contributed by atoms with Crippen molar-refractivity contribution in [3.8, 4) is 0 Å². The Hall–Kier alpha value is -1.62. The third-order valence-electron chi connectivity index (χ3n) is 3.21. The third kappa shape index (κ3) is 2.61. The van der Waals surface area contributed by atoms with Crippen molar-refractivity contribution in [3.63, 3.8) is 0 Å². The summed E-state index contributed by atoms with van der Waals surface area (Å²) >= 11 is 0. The van der Waals surface area contributed by atoms with Crippen molar-refractivity contribution in [2.24, 2.45) is 0 Å². The van der Waals surface area contributed by atoms with Gasteiger partial charge in [-0.3, -0.25) is 4.68 Å². The molecule has 2 aromatic heterocycles. The van der Waals surface area contributed by atoms with E-state index in [0.29, 0.717) is 6.54 Å². The number of aromatic nitrogens is 3. The van der Waals surface area contributed by atoms with Crippen LogP contribution in [0.4, 0.5) is 0 Å². The van der Waals surface area contributed by atoms with E-state index in [4.69, 9.17) is 4.52 Å². The molecule has 98 valence electrons. The Kier molecular flexibility index (Phi) is 3.81. The minimum atomic E-state index is 0.639. The van der Waals surface area contributed by atoms with E-state index >= 15 is 0 Å². The van der Waals surface area contributed by atoms with Crippen molar-refractivity contribution in [1.29, 1.82) is 0 Å². The molecule has 0 aliphatic heterocycles. The van der Waals surface area contributed by atoms with E-state index in [1.165, 1.54) is 11.3 Å². The van der Waals surface area contributed by atoms with Gasteiger partial charge < -0.3 is 9.84 Å². The van der Waals surface area contributed by atoms with Crippen LogP contribution < -0.4 is 5.32 Å². The SMILES string of the molecule is CCNCc1cc(Cn2nc(C)c(C)c2C)on1. The molecule has 0 atom stereocenters. The predicted octanol–water partition coefficient (Wildman–Crippen LogP) is 1.95. The summed E-state index contributed by atoms with van der Waals surface area (Å²) in [5.74, 6) is 0.841. The third-order valence-corrected chi connectivity index (χ3v) is 3.21. The fourth-order valence-corrected chi connectivity index (χ4v) is 1.85. The van der Waals surface area contributed by atoms with Crippen LogP contribution >= 0.6 is 0 Å². The Morgan fingerprint density at radius 1 is 1.33 bits per heavy atom. The Balaban J connectivity index is 2.09. The van der Waals surface area contributed by atoms with Gasteiger partial charge in [-0.25, -0.2) is 0 Å². The fourth-order valence-electron chi connectivity index (χ4n) is 1.85. The molecule has 0 radical (unpaired) electrons. The largest absolute Gasteiger partial charge is 0.359 e. The van der Waals surface area contributed by atoms with Crippen LogP contribution in [0.1, 0.15) is 35.3 Å². The first-order valence-corrected chi connectivity index (χ1v) is 6.27. The van der Waals surface area contributed by atoms with Gasteiger partial charge in [0.1, 0.15) is 6.54 Å².